The van der Waals surface area contributed by atoms with Crippen molar-refractivity contribution in [3.63, 3.8) is 0 Å². The van der Waals surface area contributed by atoms with Crippen LogP contribution in [0.2, 0.25) is 5.02 Å². The van der Waals surface area contributed by atoms with Gasteiger partial charge in [-0.2, -0.15) is 4.80 Å². The number of aromatic nitrogens is 6. The van der Waals surface area contributed by atoms with Gasteiger partial charge in [-0.05, 0) is 29.5 Å². The fraction of sp³-hybridized carbons (Fsp3) is 0.286. The summed E-state index contributed by atoms with van der Waals surface area (Å²) in [7, 11) is 0. The van der Waals surface area contributed by atoms with Crippen LogP contribution in [0, 0.1) is 0 Å². The van der Waals surface area contributed by atoms with Gasteiger partial charge in [-0.3, -0.25) is 10.1 Å². The van der Waals surface area contributed by atoms with Crippen LogP contribution in [0.4, 0.5) is 5.13 Å². The van der Waals surface area contributed by atoms with Crippen LogP contribution in [0.1, 0.15) is 24.8 Å². The van der Waals surface area contributed by atoms with Crippen molar-refractivity contribution in [3.05, 3.63) is 34.3 Å². The minimum absolute atomic E-state index is 0.0584. The summed E-state index contributed by atoms with van der Waals surface area (Å²) in [6.45, 7) is 3.98. The minimum Gasteiger partial charge on any atom is -0.299 e. The first-order chi connectivity index (χ1) is 11.5. The van der Waals surface area contributed by atoms with Crippen molar-refractivity contribution < 1.29 is 4.79 Å². The first-order valence-corrected chi connectivity index (χ1v) is 8.37. The molecule has 1 N–H and O–H groups in total. The highest BCUT2D eigenvalue weighted by Crippen LogP contribution is 2.22. The van der Waals surface area contributed by atoms with Gasteiger partial charge >= 0.3 is 0 Å². The number of hydrogen-bond donors (Lipinski definition) is 1. The monoisotopic (exact) mass is 363 g/mol. The maximum Gasteiger partial charge on any atom is 0.249 e. The van der Waals surface area contributed by atoms with Crippen molar-refractivity contribution in [1.29, 1.82) is 0 Å². The van der Waals surface area contributed by atoms with Crippen LogP contribution in [-0.4, -0.2) is 36.3 Å². The van der Waals surface area contributed by atoms with E-state index in [-0.39, 0.29) is 18.4 Å². The Labute approximate surface area is 146 Å². The van der Waals surface area contributed by atoms with Crippen molar-refractivity contribution >= 4 is 34.0 Å². The molecule has 2 aromatic heterocycles. The molecule has 0 fully saturated rings. The van der Waals surface area contributed by atoms with E-state index < -0.39 is 0 Å². The number of nitrogens with one attached hydrogen (secondary N) is 1. The molecule has 0 saturated heterocycles. The minimum atomic E-state index is -0.290. The molecule has 10 heteroatoms. The Bertz CT molecular complexity index is 843. The lowest BCUT2D eigenvalue weighted by atomic mass is 10.2. The maximum atomic E-state index is 12.0. The second kappa shape index (κ2) is 7.02. The number of benzene rings is 1. The molecular formula is C14H14ClN7OS. The van der Waals surface area contributed by atoms with Gasteiger partial charge in [-0.25, -0.2) is 0 Å². The summed E-state index contributed by atoms with van der Waals surface area (Å²) in [6, 6.07) is 7.06. The average Bonchev–Trinajstić information content (AvgIpc) is 3.17. The highest BCUT2D eigenvalue weighted by molar-refractivity contribution is 7.15. The quantitative estimate of drug-likeness (QED) is 0.748. The number of carbonyl (C=O) groups excluding carboxylic acids is 1. The van der Waals surface area contributed by atoms with E-state index in [4.69, 9.17) is 11.6 Å². The van der Waals surface area contributed by atoms with Crippen LogP contribution in [0.15, 0.2) is 24.3 Å². The third-order valence-electron chi connectivity index (χ3n) is 3.02. The Morgan fingerprint density at radius 1 is 1.25 bits per heavy atom. The fourth-order valence-electron chi connectivity index (χ4n) is 1.83. The fourth-order valence-corrected chi connectivity index (χ4v) is 2.72. The molecule has 0 aliphatic heterocycles. The predicted molar refractivity (Wildman–Crippen MR) is 90.9 cm³/mol. The predicted octanol–water partition coefficient (Wildman–Crippen LogP) is 2.61. The number of rotatable bonds is 5. The molecule has 0 aliphatic rings. The lowest BCUT2D eigenvalue weighted by Crippen LogP contribution is -2.20. The topological polar surface area (TPSA) is 98.5 Å². The zero-order chi connectivity index (χ0) is 17.1. The average molecular weight is 364 g/mol. The van der Waals surface area contributed by atoms with Crippen molar-refractivity contribution in [2.45, 2.75) is 26.3 Å². The second-order valence-electron chi connectivity index (χ2n) is 5.30. The van der Waals surface area contributed by atoms with E-state index in [2.05, 4.69) is 30.9 Å². The lowest BCUT2D eigenvalue weighted by Gasteiger charge is -1.99. The maximum absolute atomic E-state index is 12.0. The smallest absolute Gasteiger partial charge is 0.249 e. The highest BCUT2D eigenvalue weighted by Gasteiger charge is 2.13. The van der Waals surface area contributed by atoms with E-state index in [0.717, 1.165) is 10.6 Å². The van der Waals surface area contributed by atoms with E-state index in [1.54, 1.807) is 24.3 Å². The molecule has 8 nitrogen and oxygen atoms in total. The Hall–Kier alpha value is -2.39. The molecule has 1 aromatic carbocycles. The van der Waals surface area contributed by atoms with Gasteiger partial charge in [-0.15, -0.1) is 20.4 Å². The van der Waals surface area contributed by atoms with E-state index in [1.165, 1.54) is 16.1 Å². The standard InChI is InChI=1S/C14H14ClN7OS/c1-8(2)13-18-19-14(24-13)16-11(23)7-22-20-12(17-21-22)9-3-5-10(15)6-4-9/h3-6,8H,7H2,1-2H3,(H,16,19,23). The molecule has 0 radical (unpaired) electrons. The summed E-state index contributed by atoms with van der Waals surface area (Å²) < 4.78 is 0. The molecule has 24 heavy (non-hydrogen) atoms. The summed E-state index contributed by atoms with van der Waals surface area (Å²) in [5, 5.41) is 24.6. The Balaban J connectivity index is 1.63. The summed E-state index contributed by atoms with van der Waals surface area (Å²) >= 11 is 7.20. The molecule has 3 rings (SSSR count). The highest BCUT2D eigenvalue weighted by atomic mass is 35.5. The van der Waals surface area contributed by atoms with Crippen LogP contribution in [-0.2, 0) is 11.3 Å². The van der Waals surface area contributed by atoms with Crippen molar-refractivity contribution in [2.24, 2.45) is 0 Å². The third kappa shape index (κ3) is 3.92. The molecule has 0 aliphatic carbocycles. The molecule has 3 aromatic rings. The van der Waals surface area contributed by atoms with Crippen LogP contribution in [0.25, 0.3) is 11.4 Å². The van der Waals surface area contributed by atoms with Crippen LogP contribution >= 0.6 is 22.9 Å². The molecular weight excluding hydrogens is 350 g/mol. The van der Waals surface area contributed by atoms with Gasteiger partial charge in [0.25, 0.3) is 0 Å². The summed E-state index contributed by atoms with van der Waals surface area (Å²) in [6.07, 6.45) is 0. The van der Waals surface area contributed by atoms with Gasteiger partial charge in [0.1, 0.15) is 11.6 Å². The summed E-state index contributed by atoms with van der Waals surface area (Å²) in [5.41, 5.74) is 0.775. The molecule has 1 amide bonds. The first-order valence-electron chi connectivity index (χ1n) is 7.18. The van der Waals surface area contributed by atoms with Gasteiger partial charge in [0.05, 0.1) is 0 Å². The summed E-state index contributed by atoms with van der Waals surface area (Å²) in [4.78, 5) is 13.3. The van der Waals surface area contributed by atoms with Crippen molar-refractivity contribution in [3.8, 4) is 11.4 Å². The zero-order valence-electron chi connectivity index (χ0n) is 13.0. The molecule has 2 heterocycles. The normalized spacial score (nSPS) is 11.0. The number of halogens is 1. The molecule has 0 atom stereocenters. The number of carbonyl (C=O) groups is 1. The number of anilines is 1. The van der Waals surface area contributed by atoms with E-state index in [1.807, 2.05) is 13.8 Å². The van der Waals surface area contributed by atoms with Crippen molar-refractivity contribution in [1.82, 2.24) is 30.4 Å². The van der Waals surface area contributed by atoms with E-state index in [9.17, 15) is 4.79 Å². The number of tetrazole rings is 1. The Kier molecular flexibility index (Phi) is 4.81. The van der Waals surface area contributed by atoms with Gasteiger partial charge in [0.2, 0.25) is 16.9 Å². The molecule has 0 bridgehead atoms. The lowest BCUT2D eigenvalue weighted by molar-refractivity contribution is -0.117. The largest absolute Gasteiger partial charge is 0.299 e. The third-order valence-corrected chi connectivity index (χ3v) is 4.41. The Morgan fingerprint density at radius 2 is 2.00 bits per heavy atom. The molecule has 0 unspecified atom stereocenters. The van der Waals surface area contributed by atoms with Crippen LogP contribution < -0.4 is 5.32 Å². The Morgan fingerprint density at radius 3 is 2.67 bits per heavy atom. The molecule has 124 valence electrons. The number of nitrogens with zero attached hydrogens (tertiary/aromatic N) is 6. The molecule has 0 spiro atoms. The molecule has 0 saturated carbocycles. The number of amides is 1. The zero-order valence-corrected chi connectivity index (χ0v) is 14.5. The van der Waals surface area contributed by atoms with E-state index in [0.29, 0.717) is 16.0 Å². The first kappa shape index (κ1) is 16.5. The van der Waals surface area contributed by atoms with Gasteiger partial charge in [0.15, 0.2) is 0 Å². The van der Waals surface area contributed by atoms with Crippen LogP contribution in [0.5, 0.6) is 0 Å². The summed E-state index contributed by atoms with van der Waals surface area (Å²) in [5.74, 6) is 0.408. The van der Waals surface area contributed by atoms with Crippen LogP contribution in [0.3, 0.4) is 0 Å². The van der Waals surface area contributed by atoms with Gasteiger partial charge in [-0.1, -0.05) is 36.8 Å². The SMILES string of the molecule is CC(C)c1nnc(NC(=O)Cn2nnc(-c3ccc(Cl)cc3)n2)s1. The van der Waals surface area contributed by atoms with Gasteiger partial charge in [0, 0.05) is 16.5 Å². The number of hydrogen-bond acceptors (Lipinski definition) is 7. The van der Waals surface area contributed by atoms with Gasteiger partial charge < -0.3 is 0 Å². The van der Waals surface area contributed by atoms with Crippen molar-refractivity contribution in [2.75, 3.05) is 5.32 Å². The second-order valence-corrected chi connectivity index (χ2v) is 6.74. The van der Waals surface area contributed by atoms with E-state index >= 15 is 0 Å².